The lowest BCUT2D eigenvalue weighted by Gasteiger charge is -2.08. The molecule has 0 heterocycles. The molecule has 1 amide bonds. The van der Waals surface area contributed by atoms with E-state index in [1.807, 2.05) is 30.3 Å². The molecule has 20 heavy (non-hydrogen) atoms. The van der Waals surface area contributed by atoms with E-state index in [1.54, 1.807) is 18.2 Å². The summed E-state index contributed by atoms with van der Waals surface area (Å²) >= 11 is 3.10. The number of nitrogens with one attached hydrogen (secondary N) is 1. The maximum absolute atomic E-state index is 13.7. The fraction of sp³-hybridized carbons (Fsp3) is 0.133. The Hall–Kier alpha value is -1.88. The zero-order chi connectivity index (χ0) is 14.4. The van der Waals surface area contributed by atoms with E-state index in [1.165, 1.54) is 0 Å². The molecule has 0 spiro atoms. The molecule has 2 aromatic rings. The fourth-order valence-electron chi connectivity index (χ4n) is 1.63. The Bertz CT molecular complexity index is 590. The summed E-state index contributed by atoms with van der Waals surface area (Å²) in [5, 5.41) is 2.52. The minimum Gasteiger partial charge on any atom is -0.445 e. The number of carbonyl (C=O) groups is 1. The van der Waals surface area contributed by atoms with Crippen LogP contribution in [0.25, 0.3) is 0 Å². The first-order chi connectivity index (χ1) is 9.66. The van der Waals surface area contributed by atoms with Crippen molar-refractivity contribution in [1.29, 1.82) is 0 Å². The molecule has 0 radical (unpaired) electrons. The van der Waals surface area contributed by atoms with Gasteiger partial charge in [0, 0.05) is 12.1 Å². The van der Waals surface area contributed by atoms with E-state index in [4.69, 9.17) is 4.74 Å². The number of rotatable bonds is 4. The second kappa shape index (κ2) is 7.05. The Morgan fingerprint density at radius 1 is 1.15 bits per heavy atom. The molecule has 0 aliphatic carbocycles. The maximum atomic E-state index is 13.7. The van der Waals surface area contributed by atoms with Crippen LogP contribution in [0.4, 0.5) is 9.18 Å². The summed E-state index contributed by atoms with van der Waals surface area (Å²) < 4.78 is 19.1. The number of alkyl carbamates (subject to hydrolysis) is 1. The Labute approximate surface area is 124 Å². The summed E-state index contributed by atoms with van der Waals surface area (Å²) in [6, 6.07) is 14.3. The summed E-state index contributed by atoms with van der Waals surface area (Å²) in [6.45, 7) is 0.270. The van der Waals surface area contributed by atoms with Gasteiger partial charge in [-0.2, -0.15) is 0 Å². The molecule has 0 fully saturated rings. The van der Waals surface area contributed by atoms with Crippen molar-refractivity contribution >= 4 is 22.0 Å². The highest BCUT2D eigenvalue weighted by atomic mass is 79.9. The molecule has 5 heteroatoms. The first-order valence-electron chi connectivity index (χ1n) is 6.04. The van der Waals surface area contributed by atoms with Crippen molar-refractivity contribution < 1.29 is 13.9 Å². The molecule has 2 rings (SSSR count). The van der Waals surface area contributed by atoms with Crippen LogP contribution in [0, 0.1) is 5.82 Å². The largest absolute Gasteiger partial charge is 0.445 e. The Morgan fingerprint density at radius 2 is 1.90 bits per heavy atom. The molecule has 1 N–H and O–H groups in total. The highest BCUT2D eigenvalue weighted by Crippen LogP contribution is 2.18. The molecule has 3 nitrogen and oxygen atoms in total. The number of benzene rings is 2. The van der Waals surface area contributed by atoms with Crippen molar-refractivity contribution in [3.8, 4) is 0 Å². The molecule has 104 valence electrons. The van der Waals surface area contributed by atoms with Gasteiger partial charge < -0.3 is 10.1 Å². The van der Waals surface area contributed by atoms with Crippen molar-refractivity contribution in [2.24, 2.45) is 0 Å². The SMILES string of the molecule is O=C(NCc1cccc(Br)c1F)OCc1ccccc1. The van der Waals surface area contributed by atoms with E-state index in [2.05, 4.69) is 21.2 Å². The molecule has 0 aliphatic heterocycles. The molecule has 0 atom stereocenters. The van der Waals surface area contributed by atoms with Gasteiger partial charge in [-0.3, -0.25) is 0 Å². The molecule has 0 aliphatic rings. The summed E-state index contributed by atoms with van der Waals surface area (Å²) in [7, 11) is 0. The van der Waals surface area contributed by atoms with E-state index in [0.717, 1.165) is 5.56 Å². The Morgan fingerprint density at radius 3 is 2.65 bits per heavy atom. The maximum Gasteiger partial charge on any atom is 0.407 e. The monoisotopic (exact) mass is 337 g/mol. The molecule has 0 bridgehead atoms. The first kappa shape index (κ1) is 14.5. The van der Waals surface area contributed by atoms with Crippen LogP contribution < -0.4 is 5.32 Å². The third-order valence-corrected chi connectivity index (χ3v) is 3.28. The highest BCUT2D eigenvalue weighted by Gasteiger charge is 2.08. The zero-order valence-electron chi connectivity index (χ0n) is 10.6. The van der Waals surface area contributed by atoms with Crippen LogP contribution in [0.2, 0.25) is 0 Å². The minimum absolute atomic E-state index is 0.0822. The second-order valence-electron chi connectivity index (χ2n) is 4.13. The van der Waals surface area contributed by atoms with E-state index in [0.29, 0.717) is 10.0 Å². The number of hydrogen-bond acceptors (Lipinski definition) is 2. The van der Waals surface area contributed by atoms with Gasteiger partial charge >= 0.3 is 6.09 Å². The van der Waals surface area contributed by atoms with Crippen LogP contribution in [0.5, 0.6) is 0 Å². The zero-order valence-corrected chi connectivity index (χ0v) is 12.2. The van der Waals surface area contributed by atoms with Crippen molar-refractivity contribution in [2.75, 3.05) is 0 Å². The van der Waals surface area contributed by atoms with E-state index < -0.39 is 6.09 Å². The van der Waals surface area contributed by atoms with Gasteiger partial charge in [-0.25, -0.2) is 9.18 Å². The summed E-state index contributed by atoms with van der Waals surface area (Å²) in [5.74, 6) is -0.379. The second-order valence-corrected chi connectivity index (χ2v) is 4.98. The lowest BCUT2D eigenvalue weighted by atomic mass is 10.2. The fourth-order valence-corrected chi connectivity index (χ4v) is 2.03. The predicted molar refractivity (Wildman–Crippen MR) is 77.6 cm³/mol. The van der Waals surface area contributed by atoms with E-state index >= 15 is 0 Å². The summed E-state index contributed by atoms with van der Waals surface area (Å²) in [6.07, 6.45) is -0.576. The molecule has 0 unspecified atom stereocenters. The van der Waals surface area contributed by atoms with E-state index in [-0.39, 0.29) is 19.0 Å². The van der Waals surface area contributed by atoms with Crippen molar-refractivity contribution in [3.63, 3.8) is 0 Å². The average Bonchev–Trinajstić information content (AvgIpc) is 2.48. The van der Waals surface area contributed by atoms with Gasteiger partial charge in [0.2, 0.25) is 0 Å². The molecular formula is C15H13BrFNO2. The van der Waals surface area contributed by atoms with Gasteiger partial charge in [0.15, 0.2) is 0 Å². The normalized spacial score (nSPS) is 10.1. The summed E-state index contributed by atoms with van der Waals surface area (Å²) in [5.41, 5.74) is 1.30. The third kappa shape index (κ3) is 4.06. The van der Waals surface area contributed by atoms with Gasteiger partial charge in [0.05, 0.1) is 4.47 Å². The number of hydrogen-bond donors (Lipinski definition) is 1. The van der Waals surface area contributed by atoms with Crippen LogP contribution in [-0.2, 0) is 17.9 Å². The smallest absolute Gasteiger partial charge is 0.407 e. The lowest BCUT2D eigenvalue weighted by Crippen LogP contribution is -2.24. The number of carbonyl (C=O) groups excluding carboxylic acids is 1. The molecule has 0 saturated heterocycles. The van der Waals surface area contributed by atoms with Gasteiger partial charge in [0.25, 0.3) is 0 Å². The van der Waals surface area contributed by atoms with Gasteiger partial charge in [-0.15, -0.1) is 0 Å². The summed E-state index contributed by atoms with van der Waals surface area (Å²) in [4.78, 5) is 11.5. The molecule has 0 saturated carbocycles. The van der Waals surface area contributed by atoms with Crippen molar-refractivity contribution in [1.82, 2.24) is 5.32 Å². The lowest BCUT2D eigenvalue weighted by molar-refractivity contribution is 0.139. The molecule has 0 aromatic heterocycles. The first-order valence-corrected chi connectivity index (χ1v) is 6.83. The van der Waals surface area contributed by atoms with Crippen LogP contribution in [0.15, 0.2) is 53.0 Å². The van der Waals surface area contributed by atoms with Gasteiger partial charge in [-0.05, 0) is 27.6 Å². The number of ether oxygens (including phenoxy) is 1. The highest BCUT2D eigenvalue weighted by molar-refractivity contribution is 9.10. The Kier molecular flexibility index (Phi) is 5.12. The minimum atomic E-state index is -0.576. The van der Waals surface area contributed by atoms with Gasteiger partial charge in [0.1, 0.15) is 12.4 Å². The quantitative estimate of drug-likeness (QED) is 0.915. The average molecular weight is 338 g/mol. The molecule has 2 aromatic carbocycles. The van der Waals surface area contributed by atoms with Crippen molar-refractivity contribution in [3.05, 3.63) is 69.9 Å². The Balaban J connectivity index is 1.82. The standard InChI is InChI=1S/C15H13BrFNO2/c16-13-8-4-7-12(14(13)17)9-18-15(19)20-10-11-5-2-1-3-6-11/h1-8H,9-10H2,(H,18,19). The van der Waals surface area contributed by atoms with Crippen LogP contribution >= 0.6 is 15.9 Å². The number of halogens is 2. The van der Waals surface area contributed by atoms with Crippen LogP contribution in [0.3, 0.4) is 0 Å². The predicted octanol–water partition coefficient (Wildman–Crippen LogP) is 4.01. The van der Waals surface area contributed by atoms with Crippen LogP contribution in [0.1, 0.15) is 11.1 Å². The van der Waals surface area contributed by atoms with E-state index in [9.17, 15) is 9.18 Å². The third-order valence-electron chi connectivity index (χ3n) is 2.67. The van der Waals surface area contributed by atoms with Crippen LogP contribution in [-0.4, -0.2) is 6.09 Å². The molecular weight excluding hydrogens is 325 g/mol. The topological polar surface area (TPSA) is 38.3 Å². The van der Waals surface area contributed by atoms with Gasteiger partial charge in [-0.1, -0.05) is 42.5 Å². The number of amides is 1. The van der Waals surface area contributed by atoms with Crippen molar-refractivity contribution in [2.45, 2.75) is 13.2 Å².